The Morgan fingerprint density at radius 3 is 2.76 bits per heavy atom. The van der Waals surface area contributed by atoms with E-state index < -0.39 is 10.2 Å². The molecule has 1 unspecified atom stereocenters. The second-order valence-corrected chi connectivity index (χ2v) is 5.32. The van der Waals surface area contributed by atoms with Gasteiger partial charge in [0.05, 0.1) is 0 Å². The van der Waals surface area contributed by atoms with Crippen LogP contribution >= 0.6 is 0 Å². The number of aromatic nitrogens is 2. The van der Waals surface area contributed by atoms with Gasteiger partial charge in [-0.3, -0.25) is 0 Å². The zero-order valence-corrected chi connectivity index (χ0v) is 10.1. The van der Waals surface area contributed by atoms with Crippen molar-refractivity contribution in [1.29, 1.82) is 0 Å². The Hall–Kier alpha value is -1.25. The van der Waals surface area contributed by atoms with E-state index in [1.165, 1.54) is 0 Å². The minimum absolute atomic E-state index is 0.178. The summed E-state index contributed by atoms with van der Waals surface area (Å²) < 4.78 is 24.3. The first-order chi connectivity index (χ1) is 8.04. The van der Waals surface area contributed by atoms with Gasteiger partial charge in [-0.15, -0.1) is 0 Å². The third-order valence-electron chi connectivity index (χ3n) is 2.59. The molecule has 0 aliphatic carbocycles. The van der Waals surface area contributed by atoms with E-state index in [1.54, 1.807) is 18.5 Å². The maximum absolute atomic E-state index is 11.0. The van der Waals surface area contributed by atoms with Crippen molar-refractivity contribution in [3.05, 3.63) is 18.5 Å². The monoisotopic (exact) mass is 257 g/mol. The summed E-state index contributed by atoms with van der Waals surface area (Å²) in [6.45, 7) is 1.37. The van der Waals surface area contributed by atoms with Crippen LogP contribution in [0.5, 0.6) is 0 Å². The van der Waals surface area contributed by atoms with Gasteiger partial charge in [-0.05, 0) is 18.9 Å². The quantitative estimate of drug-likeness (QED) is 0.741. The van der Waals surface area contributed by atoms with Crippen LogP contribution in [0.4, 0.5) is 5.95 Å². The van der Waals surface area contributed by atoms with E-state index in [0.29, 0.717) is 12.5 Å². The van der Waals surface area contributed by atoms with E-state index in [0.717, 1.165) is 19.4 Å². The Balaban J connectivity index is 2.03. The molecule has 1 aromatic rings. The number of nitrogens with zero attached hydrogens (tertiary/aromatic N) is 3. The largest absolute Gasteiger partial charge is 0.339 e. The van der Waals surface area contributed by atoms with Crippen LogP contribution in [0.25, 0.3) is 0 Å². The topological polar surface area (TPSA) is 101 Å². The standard InChI is InChI=1S/C9H15N5O2S/c10-17(15,16)13-8-3-1-6-14(7-8)9-11-4-2-5-12-9/h2,4-5,8,13H,1,3,6-7H2,(H2,10,15,16). The van der Waals surface area contributed by atoms with Gasteiger partial charge in [-0.2, -0.15) is 13.1 Å². The molecular formula is C9H15N5O2S. The Morgan fingerprint density at radius 1 is 1.41 bits per heavy atom. The van der Waals surface area contributed by atoms with Gasteiger partial charge >= 0.3 is 0 Å². The first kappa shape index (κ1) is 12.2. The summed E-state index contributed by atoms with van der Waals surface area (Å²) in [5, 5.41) is 4.96. The van der Waals surface area contributed by atoms with Crippen molar-refractivity contribution in [2.45, 2.75) is 18.9 Å². The number of piperidine rings is 1. The second-order valence-electron chi connectivity index (χ2n) is 4.00. The van der Waals surface area contributed by atoms with Crippen LogP contribution in [0.2, 0.25) is 0 Å². The van der Waals surface area contributed by atoms with Gasteiger partial charge in [0.2, 0.25) is 5.95 Å². The third-order valence-corrected chi connectivity index (χ3v) is 3.25. The molecule has 0 radical (unpaired) electrons. The molecule has 0 spiro atoms. The third kappa shape index (κ3) is 3.62. The molecule has 2 heterocycles. The highest BCUT2D eigenvalue weighted by atomic mass is 32.2. The van der Waals surface area contributed by atoms with Crippen molar-refractivity contribution < 1.29 is 8.42 Å². The molecule has 8 heteroatoms. The number of anilines is 1. The Labute approximate surface area is 100 Å². The lowest BCUT2D eigenvalue weighted by molar-refractivity contribution is 0.462. The minimum Gasteiger partial charge on any atom is -0.339 e. The van der Waals surface area contributed by atoms with Crippen molar-refractivity contribution in [2.24, 2.45) is 5.14 Å². The molecule has 0 bridgehead atoms. The molecule has 7 nitrogen and oxygen atoms in total. The molecule has 17 heavy (non-hydrogen) atoms. The van der Waals surface area contributed by atoms with Gasteiger partial charge in [0, 0.05) is 31.5 Å². The first-order valence-electron chi connectivity index (χ1n) is 5.36. The number of rotatable bonds is 3. The lowest BCUT2D eigenvalue weighted by atomic mass is 10.1. The molecule has 1 aliphatic heterocycles. The highest BCUT2D eigenvalue weighted by Crippen LogP contribution is 2.15. The lowest BCUT2D eigenvalue weighted by Crippen LogP contribution is -2.49. The van der Waals surface area contributed by atoms with Gasteiger partial charge in [-0.25, -0.2) is 15.1 Å². The first-order valence-corrected chi connectivity index (χ1v) is 6.91. The second kappa shape index (κ2) is 4.94. The predicted molar refractivity (Wildman–Crippen MR) is 63.5 cm³/mol. The molecule has 0 saturated carbocycles. The van der Waals surface area contributed by atoms with Crippen LogP contribution in [-0.2, 0) is 10.2 Å². The van der Waals surface area contributed by atoms with Gasteiger partial charge < -0.3 is 4.90 Å². The summed E-state index contributed by atoms with van der Waals surface area (Å²) in [6, 6.07) is 1.57. The van der Waals surface area contributed by atoms with E-state index in [2.05, 4.69) is 14.7 Å². The summed E-state index contributed by atoms with van der Waals surface area (Å²) in [5.41, 5.74) is 0. The highest BCUT2D eigenvalue weighted by Gasteiger charge is 2.23. The molecule has 94 valence electrons. The van der Waals surface area contributed by atoms with Crippen molar-refractivity contribution in [3.8, 4) is 0 Å². The summed E-state index contributed by atoms with van der Waals surface area (Å²) in [7, 11) is -3.65. The predicted octanol–water partition coefficient (Wildman–Crippen LogP) is -0.761. The maximum Gasteiger partial charge on any atom is 0.274 e. The summed E-state index contributed by atoms with van der Waals surface area (Å²) in [5.74, 6) is 0.619. The molecule has 1 aliphatic rings. The number of nitrogens with two attached hydrogens (primary N) is 1. The van der Waals surface area contributed by atoms with Crippen molar-refractivity contribution in [3.63, 3.8) is 0 Å². The molecular weight excluding hydrogens is 242 g/mol. The Bertz CT molecular complexity index is 464. The SMILES string of the molecule is NS(=O)(=O)NC1CCCN(c2ncccn2)C1. The number of hydrogen-bond acceptors (Lipinski definition) is 5. The van der Waals surface area contributed by atoms with Crippen LogP contribution in [0.15, 0.2) is 18.5 Å². The van der Waals surface area contributed by atoms with E-state index in [1.807, 2.05) is 4.90 Å². The normalized spacial score (nSPS) is 21.5. The molecule has 1 aromatic heterocycles. The molecule has 1 saturated heterocycles. The molecule has 3 N–H and O–H groups in total. The molecule has 0 amide bonds. The molecule has 1 atom stereocenters. The fourth-order valence-corrected chi connectivity index (χ4v) is 2.60. The van der Waals surface area contributed by atoms with E-state index >= 15 is 0 Å². The molecule has 0 aromatic carbocycles. The fraction of sp³-hybridized carbons (Fsp3) is 0.556. The summed E-state index contributed by atoms with van der Waals surface area (Å²) in [4.78, 5) is 10.2. The van der Waals surface area contributed by atoms with Crippen LogP contribution in [0.3, 0.4) is 0 Å². The lowest BCUT2D eigenvalue weighted by Gasteiger charge is -2.32. The number of hydrogen-bond donors (Lipinski definition) is 2. The Kier molecular flexibility index (Phi) is 3.55. The zero-order chi connectivity index (χ0) is 12.3. The van der Waals surface area contributed by atoms with E-state index in [9.17, 15) is 8.42 Å². The van der Waals surface area contributed by atoms with E-state index in [4.69, 9.17) is 5.14 Å². The fourth-order valence-electron chi connectivity index (χ4n) is 1.94. The van der Waals surface area contributed by atoms with Crippen LogP contribution in [0, 0.1) is 0 Å². The van der Waals surface area contributed by atoms with Gasteiger partial charge in [0.1, 0.15) is 0 Å². The van der Waals surface area contributed by atoms with Crippen molar-refractivity contribution in [2.75, 3.05) is 18.0 Å². The van der Waals surface area contributed by atoms with Crippen LogP contribution < -0.4 is 14.8 Å². The van der Waals surface area contributed by atoms with Crippen molar-refractivity contribution >= 4 is 16.2 Å². The summed E-state index contributed by atoms with van der Waals surface area (Å²) in [6.07, 6.45) is 4.99. The highest BCUT2D eigenvalue weighted by molar-refractivity contribution is 7.87. The smallest absolute Gasteiger partial charge is 0.274 e. The molecule has 2 rings (SSSR count). The van der Waals surface area contributed by atoms with E-state index in [-0.39, 0.29) is 6.04 Å². The average Bonchev–Trinajstić information content (AvgIpc) is 2.28. The number of nitrogens with one attached hydrogen (secondary N) is 1. The van der Waals surface area contributed by atoms with Gasteiger partial charge in [-0.1, -0.05) is 0 Å². The van der Waals surface area contributed by atoms with Gasteiger partial charge in [0.15, 0.2) is 0 Å². The summed E-state index contributed by atoms with van der Waals surface area (Å²) >= 11 is 0. The van der Waals surface area contributed by atoms with Crippen molar-refractivity contribution in [1.82, 2.24) is 14.7 Å². The average molecular weight is 257 g/mol. The van der Waals surface area contributed by atoms with Crippen LogP contribution in [0.1, 0.15) is 12.8 Å². The zero-order valence-electron chi connectivity index (χ0n) is 9.28. The minimum atomic E-state index is -3.65. The van der Waals surface area contributed by atoms with Crippen LogP contribution in [-0.4, -0.2) is 37.5 Å². The molecule has 1 fully saturated rings. The Morgan fingerprint density at radius 2 is 2.12 bits per heavy atom. The van der Waals surface area contributed by atoms with Gasteiger partial charge in [0.25, 0.3) is 10.2 Å². The maximum atomic E-state index is 11.0.